The summed E-state index contributed by atoms with van der Waals surface area (Å²) in [5.74, 6) is -1.57. The van der Waals surface area contributed by atoms with Crippen molar-refractivity contribution in [1.82, 2.24) is 4.90 Å². The van der Waals surface area contributed by atoms with Crippen LogP contribution >= 0.6 is 11.3 Å². The van der Waals surface area contributed by atoms with E-state index in [0.717, 1.165) is 0 Å². The highest BCUT2D eigenvalue weighted by molar-refractivity contribution is 7.08. The molecule has 0 spiro atoms. The highest BCUT2D eigenvalue weighted by atomic mass is 32.1. The van der Waals surface area contributed by atoms with Gasteiger partial charge in [-0.2, -0.15) is 11.3 Å². The number of carboxylic acid groups (broad SMARTS) is 1. The molecule has 1 atom stereocenters. The normalized spacial score (nSPS) is 12.1. The van der Waals surface area contributed by atoms with Gasteiger partial charge in [-0.15, -0.1) is 0 Å². The molecular weight excluding hydrogens is 214 g/mol. The molecule has 0 aliphatic carbocycles. The fourth-order valence-electron chi connectivity index (χ4n) is 1.18. The molecule has 0 aliphatic heterocycles. The van der Waals surface area contributed by atoms with E-state index in [4.69, 9.17) is 5.11 Å². The van der Waals surface area contributed by atoms with Gasteiger partial charge in [-0.05, 0) is 11.4 Å². The summed E-state index contributed by atoms with van der Waals surface area (Å²) in [4.78, 5) is 23.7. The molecule has 4 nitrogen and oxygen atoms in total. The van der Waals surface area contributed by atoms with Gasteiger partial charge in [-0.1, -0.05) is 6.92 Å². The zero-order chi connectivity index (χ0) is 11.4. The molecule has 0 aliphatic rings. The maximum Gasteiger partial charge on any atom is 0.308 e. The van der Waals surface area contributed by atoms with Crippen molar-refractivity contribution in [3.8, 4) is 0 Å². The lowest BCUT2D eigenvalue weighted by Crippen LogP contribution is -2.33. The minimum Gasteiger partial charge on any atom is -0.481 e. The second-order valence-electron chi connectivity index (χ2n) is 3.44. The van der Waals surface area contributed by atoms with Crippen LogP contribution in [0, 0.1) is 5.92 Å². The lowest BCUT2D eigenvalue weighted by atomic mass is 10.1. The van der Waals surface area contributed by atoms with Crippen molar-refractivity contribution < 1.29 is 14.7 Å². The molecule has 1 heterocycles. The van der Waals surface area contributed by atoms with E-state index >= 15 is 0 Å². The topological polar surface area (TPSA) is 57.6 Å². The number of carbonyl (C=O) groups excluding carboxylic acids is 1. The zero-order valence-electron chi connectivity index (χ0n) is 8.64. The van der Waals surface area contributed by atoms with Crippen LogP contribution in [-0.4, -0.2) is 35.5 Å². The summed E-state index contributed by atoms with van der Waals surface area (Å²) >= 11 is 1.45. The summed E-state index contributed by atoms with van der Waals surface area (Å²) in [5.41, 5.74) is 0.611. The first-order valence-corrected chi connectivity index (χ1v) is 5.47. The summed E-state index contributed by atoms with van der Waals surface area (Å²) in [7, 11) is 1.61. The molecule has 82 valence electrons. The zero-order valence-corrected chi connectivity index (χ0v) is 9.45. The summed E-state index contributed by atoms with van der Waals surface area (Å²) < 4.78 is 0. The number of hydrogen-bond acceptors (Lipinski definition) is 3. The van der Waals surface area contributed by atoms with Gasteiger partial charge in [0.1, 0.15) is 0 Å². The van der Waals surface area contributed by atoms with Crippen LogP contribution in [0.15, 0.2) is 16.8 Å². The van der Waals surface area contributed by atoms with Crippen LogP contribution in [0.25, 0.3) is 0 Å². The Balaban J connectivity index is 2.58. The molecule has 1 aromatic rings. The van der Waals surface area contributed by atoms with Gasteiger partial charge in [-0.3, -0.25) is 9.59 Å². The number of carbonyl (C=O) groups is 2. The van der Waals surface area contributed by atoms with E-state index in [1.807, 2.05) is 5.38 Å². The molecule has 1 aromatic heterocycles. The molecule has 15 heavy (non-hydrogen) atoms. The van der Waals surface area contributed by atoms with Crippen molar-refractivity contribution >= 4 is 23.2 Å². The summed E-state index contributed by atoms with van der Waals surface area (Å²) in [5, 5.41) is 12.3. The second kappa shape index (κ2) is 4.93. The van der Waals surface area contributed by atoms with Crippen LogP contribution in [0.4, 0.5) is 0 Å². The number of hydrogen-bond donors (Lipinski definition) is 1. The number of amides is 1. The van der Waals surface area contributed by atoms with Crippen molar-refractivity contribution in [3.05, 3.63) is 22.4 Å². The Kier molecular flexibility index (Phi) is 3.85. The molecule has 1 rings (SSSR count). The van der Waals surface area contributed by atoms with Crippen LogP contribution in [-0.2, 0) is 4.79 Å². The lowest BCUT2D eigenvalue weighted by Gasteiger charge is -2.18. The second-order valence-corrected chi connectivity index (χ2v) is 4.22. The Morgan fingerprint density at radius 3 is 2.73 bits per heavy atom. The SMILES string of the molecule is CC(CN(C)C(=O)c1ccsc1)C(=O)O. The standard InChI is InChI=1S/C10H13NO3S/c1-7(10(13)14)5-11(2)9(12)8-3-4-15-6-8/h3-4,6-7H,5H2,1-2H3,(H,13,14). The molecule has 0 saturated carbocycles. The van der Waals surface area contributed by atoms with Crippen LogP contribution in [0.3, 0.4) is 0 Å². The Morgan fingerprint density at radius 1 is 1.60 bits per heavy atom. The highest BCUT2D eigenvalue weighted by Crippen LogP contribution is 2.10. The number of rotatable bonds is 4. The number of thiophene rings is 1. The van der Waals surface area contributed by atoms with Crippen molar-refractivity contribution in [2.45, 2.75) is 6.92 Å². The molecule has 0 bridgehead atoms. The van der Waals surface area contributed by atoms with Crippen molar-refractivity contribution in [1.29, 1.82) is 0 Å². The molecule has 0 radical (unpaired) electrons. The van der Waals surface area contributed by atoms with Crippen molar-refractivity contribution in [2.75, 3.05) is 13.6 Å². The first-order chi connectivity index (χ1) is 7.02. The average Bonchev–Trinajstić information content (AvgIpc) is 2.68. The minimum atomic E-state index is -0.889. The smallest absolute Gasteiger partial charge is 0.308 e. The number of nitrogens with zero attached hydrogens (tertiary/aromatic N) is 1. The Bertz CT molecular complexity index is 348. The largest absolute Gasteiger partial charge is 0.481 e. The van der Waals surface area contributed by atoms with Crippen LogP contribution in [0.2, 0.25) is 0 Å². The third kappa shape index (κ3) is 3.06. The Labute approximate surface area is 92.1 Å². The van der Waals surface area contributed by atoms with E-state index in [1.54, 1.807) is 25.4 Å². The average molecular weight is 227 g/mol. The fourth-order valence-corrected chi connectivity index (χ4v) is 1.81. The molecule has 1 amide bonds. The van der Waals surface area contributed by atoms with Gasteiger partial charge < -0.3 is 10.0 Å². The van der Waals surface area contributed by atoms with Gasteiger partial charge in [0.2, 0.25) is 0 Å². The van der Waals surface area contributed by atoms with Gasteiger partial charge in [0.15, 0.2) is 0 Å². The number of aliphatic carboxylic acids is 1. The Morgan fingerprint density at radius 2 is 2.27 bits per heavy atom. The van der Waals surface area contributed by atoms with Crippen molar-refractivity contribution in [3.63, 3.8) is 0 Å². The molecule has 0 fully saturated rings. The van der Waals surface area contributed by atoms with E-state index in [2.05, 4.69) is 0 Å². The molecule has 5 heteroatoms. The quantitative estimate of drug-likeness (QED) is 0.848. The third-order valence-corrected chi connectivity index (χ3v) is 2.77. The van der Waals surface area contributed by atoms with E-state index in [-0.39, 0.29) is 12.5 Å². The van der Waals surface area contributed by atoms with E-state index in [0.29, 0.717) is 5.56 Å². The monoisotopic (exact) mass is 227 g/mol. The molecular formula is C10H13NO3S. The predicted octanol–water partition coefficient (Wildman–Crippen LogP) is 1.54. The van der Waals surface area contributed by atoms with E-state index < -0.39 is 11.9 Å². The van der Waals surface area contributed by atoms with Crippen molar-refractivity contribution in [2.24, 2.45) is 5.92 Å². The third-order valence-electron chi connectivity index (χ3n) is 2.08. The van der Waals surface area contributed by atoms with Crippen LogP contribution in [0.1, 0.15) is 17.3 Å². The molecule has 1 unspecified atom stereocenters. The maximum atomic E-state index is 11.7. The van der Waals surface area contributed by atoms with Gasteiger partial charge in [-0.25, -0.2) is 0 Å². The minimum absolute atomic E-state index is 0.135. The summed E-state index contributed by atoms with van der Waals surface area (Å²) in [6.07, 6.45) is 0. The summed E-state index contributed by atoms with van der Waals surface area (Å²) in [6.45, 7) is 1.81. The first-order valence-electron chi connectivity index (χ1n) is 4.53. The van der Waals surface area contributed by atoms with Crippen LogP contribution < -0.4 is 0 Å². The maximum absolute atomic E-state index is 11.7. The lowest BCUT2D eigenvalue weighted by molar-refractivity contribution is -0.141. The fraction of sp³-hybridized carbons (Fsp3) is 0.400. The predicted molar refractivity (Wildman–Crippen MR) is 58.1 cm³/mol. The van der Waals surface area contributed by atoms with Gasteiger partial charge in [0.05, 0.1) is 11.5 Å². The molecule has 0 aromatic carbocycles. The molecule has 1 N–H and O–H groups in total. The van der Waals surface area contributed by atoms with E-state index in [9.17, 15) is 9.59 Å². The first kappa shape index (κ1) is 11.7. The highest BCUT2D eigenvalue weighted by Gasteiger charge is 2.18. The summed E-state index contributed by atoms with van der Waals surface area (Å²) in [6, 6.07) is 1.73. The van der Waals surface area contributed by atoms with Gasteiger partial charge >= 0.3 is 5.97 Å². The van der Waals surface area contributed by atoms with Gasteiger partial charge in [0, 0.05) is 19.0 Å². The Hall–Kier alpha value is -1.36. The van der Waals surface area contributed by atoms with Crippen LogP contribution in [0.5, 0.6) is 0 Å². The molecule has 0 saturated heterocycles. The van der Waals surface area contributed by atoms with E-state index in [1.165, 1.54) is 16.2 Å². The number of carboxylic acids is 1. The van der Waals surface area contributed by atoms with Gasteiger partial charge in [0.25, 0.3) is 5.91 Å².